The third-order valence-corrected chi connectivity index (χ3v) is 3.30. The maximum absolute atomic E-state index is 12.0. The van der Waals surface area contributed by atoms with Crippen molar-refractivity contribution < 1.29 is 4.79 Å². The number of hydrogen-bond acceptors (Lipinski definition) is 2. The zero-order valence-corrected chi connectivity index (χ0v) is 11.7. The molecule has 17 heavy (non-hydrogen) atoms. The van der Waals surface area contributed by atoms with Crippen LogP contribution in [0.15, 0.2) is 30.5 Å². The van der Waals surface area contributed by atoms with Crippen LogP contribution in [0, 0.1) is 10.5 Å². The number of aryl methyl sites for hydroxylation is 1. The first kappa shape index (κ1) is 12.1. The zero-order valence-electron chi connectivity index (χ0n) is 9.57. The molecule has 4 nitrogen and oxygen atoms in total. The van der Waals surface area contributed by atoms with E-state index >= 15 is 0 Å². The van der Waals surface area contributed by atoms with Crippen LogP contribution in [0.1, 0.15) is 16.1 Å². The van der Waals surface area contributed by atoms with Gasteiger partial charge >= 0.3 is 0 Å². The Labute approximate surface area is 113 Å². The first-order valence-corrected chi connectivity index (χ1v) is 6.21. The van der Waals surface area contributed by atoms with Crippen molar-refractivity contribution in [3.63, 3.8) is 0 Å². The number of amides is 1. The van der Waals surface area contributed by atoms with Gasteiger partial charge in [0.15, 0.2) is 0 Å². The Balaban J connectivity index is 2.17. The summed E-state index contributed by atoms with van der Waals surface area (Å²) in [5.41, 5.74) is 2.25. The van der Waals surface area contributed by atoms with Crippen molar-refractivity contribution >= 4 is 34.2 Å². The molecule has 2 rings (SSSR count). The van der Waals surface area contributed by atoms with E-state index < -0.39 is 0 Å². The van der Waals surface area contributed by atoms with Crippen molar-refractivity contribution in [1.29, 1.82) is 0 Å². The van der Waals surface area contributed by atoms with Crippen molar-refractivity contribution in [3.8, 4) is 0 Å². The number of anilines is 1. The molecule has 0 aliphatic rings. The summed E-state index contributed by atoms with van der Waals surface area (Å²) in [6.07, 6.45) is 1.58. The molecule has 0 radical (unpaired) electrons. The lowest BCUT2D eigenvalue weighted by Crippen LogP contribution is -2.12. The van der Waals surface area contributed by atoms with Gasteiger partial charge in [0, 0.05) is 22.0 Å². The number of benzene rings is 1. The molecule has 1 aromatic carbocycles. The second-order valence-corrected chi connectivity index (χ2v) is 4.97. The van der Waals surface area contributed by atoms with E-state index in [4.69, 9.17) is 0 Å². The molecule has 0 saturated heterocycles. The van der Waals surface area contributed by atoms with Gasteiger partial charge in [0.2, 0.25) is 0 Å². The normalized spacial score (nSPS) is 10.3. The van der Waals surface area contributed by atoms with Crippen molar-refractivity contribution in [2.45, 2.75) is 6.92 Å². The van der Waals surface area contributed by atoms with Crippen LogP contribution in [0.5, 0.6) is 0 Å². The van der Waals surface area contributed by atoms with Crippen LogP contribution < -0.4 is 5.32 Å². The highest BCUT2D eigenvalue weighted by Gasteiger charge is 2.12. The van der Waals surface area contributed by atoms with Gasteiger partial charge in [0.25, 0.3) is 5.91 Å². The van der Waals surface area contributed by atoms with E-state index in [1.165, 1.54) is 0 Å². The monoisotopic (exact) mass is 341 g/mol. The molecule has 0 fully saturated rings. The van der Waals surface area contributed by atoms with Crippen molar-refractivity contribution in [3.05, 3.63) is 45.3 Å². The number of hydrogen-bond donors (Lipinski definition) is 1. The Hall–Kier alpha value is -1.37. The predicted molar refractivity (Wildman–Crippen MR) is 75.1 cm³/mol. The lowest BCUT2D eigenvalue weighted by Gasteiger charge is -2.04. The first-order chi connectivity index (χ1) is 8.08. The average Bonchev–Trinajstić information content (AvgIpc) is 2.63. The van der Waals surface area contributed by atoms with Crippen LogP contribution in [-0.2, 0) is 7.05 Å². The van der Waals surface area contributed by atoms with Gasteiger partial charge in [-0.15, -0.1) is 0 Å². The largest absolute Gasteiger partial charge is 0.322 e. The van der Waals surface area contributed by atoms with Crippen LogP contribution in [0.2, 0.25) is 0 Å². The van der Waals surface area contributed by atoms with Gasteiger partial charge in [-0.05, 0) is 53.8 Å². The standard InChI is InChI=1S/C12H12IN3O/c1-8-11(7-14-16(8)2)12(17)15-10-5-3-9(13)4-6-10/h3-7H,1-2H3,(H,15,17). The molecule has 0 bridgehead atoms. The fourth-order valence-electron chi connectivity index (χ4n) is 1.45. The number of nitrogens with zero attached hydrogens (tertiary/aromatic N) is 2. The minimum Gasteiger partial charge on any atom is -0.322 e. The van der Waals surface area contributed by atoms with E-state index in [9.17, 15) is 4.79 Å². The smallest absolute Gasteiger partial charge is 0.259 e. The Morgan fingerprint density at radius 1 is 1.35 bits per heavy atom. The summed E-state index contributed by atoms with van der Waals surface area (Å²) < 4.78 is 2.82. The molecule has 0 unspecified atom stereocenters. The van der Waals surface area contributed by atoms with Gasteiger partial charge in [-0.2, -0.15) is 5.10 Å². The van der Waals surface area contributed by atoms with E-state index in [1.54, 1.807) is 10.9 Å². The molecule has 1 N–H and O–H groups in total. The third kappa shape index (κ3) is 2.66. The zero-order chi connectivity index (χ0) is 12.4. The quantitative estimate of drug-likeness (QED) is 0.854. The van der Waals surface area contributed by atoms with Gasteiger partial charge in [-0.25, -0.2) is 0 Å². The molecule has 0 aliphatic heterocycles. The van der Waals surface area contributed by atoms with Crippen LogP contribution in [0.3, 0.4) is 0 Å². The summed E-state index contributed by atoms with van der Waals surface area (Å²) in [6.45, 7) is 1.87. The average molecular weight is 341 g/mol. The maximum Gasteiger partial charge on any atom is 0.259 e. The maximum atomic E-state index is 12.0. The Kier molecular flexibility index (Phi) is 3.46. The molecule has 1 amide bonds. The Bertz CT molecular complexity index is 545. The summed E-state index contributed by atoms with van der Waals surface area (Å²) in [6, 6.07) is 7.66. The summed E-state index contributed by atoms with van der Waals surface area (Å²) in [5, 5.41) is 6.89. The highest BCUT2D eigenvalue weighted by atomic mass is 127. The van der Waals surface area contributed by atoms with Crippen LogP contribution in [0.25, 0.3) is 0 Å². The molecule has 0 saturated carbocycles. The second-order valence-electron chi connectivity index (χ2n) is 3.73. The molecule has 88 valence electrons. The fourth-order valence-corrected chi connectivity index (χ4v) is 1.81. The molecule has 0 spiro atoms. The molecular formula is C12H12IN3O. The van der Waals surface area contributed by atoms with Crippen molar-refractivity contribution in [2.24, 2.45) is 7.05 Å². The fraction of sp³-hybridized carbons (Fsp3) is 0.167. The van der Waals surface area contributed by atoms with Gasteiger partial charge in [0.1, 0.15) is 0 Å². The SMILES string of the molecule is Cc1c(C(=O)Nc2ccc(I)cc2)cnn1C. The topological polar surface area (TPSA) is 46.9 Å². The van der Waals surface area contributed by atoms with Crippen LogP contribution >= 0.6 is 22.6 Å². The predicted octanol–water partition coefficient (Wildman–Crippen LogP) is 2.59. The van der Waals surface area contributed by atoms with E-state index in [2.05, 4.69) is 33.0 Å². The van der Waals surface area contributed by atoms with Crippen LogP contribution in [-0.4, -0.2) is 15.7 Å². The number of halogens is 1. The van der Waals surface area contributed by atoms with E-state index in [0.717, 1.165) is 15.0 Å². The van der Waals surface area contributed by atoms with Crippen LogP contribution in [0.4, 0.5) is 5.69 Å². The molecule has 0 atom stereocenters. The number of rotatable bonds is 2. The number of carbonyl (C=O) groups is 1. The van der Waals surface area contributed by atoms with Gasteiger partial charge in [-0.1, -0.05) is 0 Å². The number of nitrogens with one attached hydrogen (secondary N) is 1. The Morgan fingerprint density at radius 3 is 2.53 bits per heavy atom. The highest BCUT2D eigenvalue weighted by molar-refractivity contribution is 14.1. The lowest BCUT2D eigenvalue weighted by atomic mass is 10.2. The third-order valence-electron chi connectivity index (χ3n) is 2.58. The number of carbonyl (C=O) groups excluding carboxylic acids is 1. The molecule has 0 aliphatic carbocycles. The lowest BCUT2D eigenvalue weighted by molar-refractivity contribution is 0.102. The van der Waals surface area contributed by atoms with Gasteiger partial charge < -0.3 is 5.32 Å². The molecule has 2 aromatic rings. The van der Waals surface area contributed by atoms with Gasteiger partial charge in [0.05, 0.1) is 11.8 Å². The Morgan fingerprint density at radius 2 is 2.00 bits per heavy atom. The first-order valence-electron chi connectivity index (χ1n) is 5.13. The minimum atomic E-state index is -0.128. The number of aromatic nitrogens is 2. The summed E-state index contributed by atoms with van der Waals surface area (Å²) in [4.78, 5) is 12.0. The van der Waals surface area contributed by atoms with Crippen molar-refractivity contribution in [1.82, 2.24) is 9.78 Å². The molecule has 1 heterocycles. The van der Waals surface area contributed by atoms with Gasteiger partial charge in [-0.3, -0.25) is 9.48 Å². The molecular weight excluding hydrogens is 329 g/mol. The van der Waals surface area contributed by atoms with E-state index in [1.807, 2.05) is 38.2 Å². The van der Waals surface area contributed by atoms with Crippen molar-refractivity contribution in [2.75, 3.05) is 5.32 Å². The summed E-state index contributed by atoms with van der Waals surface area (Å²) >= 11 is 2.22. The molecule has 1 aromatic heterocycles. The summed E-state index contributed by atoms with van der Waals surface area (Å²) in [7, 11) is 1.82. The molecule has 5 heteroatoms. The second kappa shape index (κ2) is 4.87. The highest BCUT2D eigenvalue weighted by Crippen LogP contribution is 2.13. The minimum absolute atomic E-state index is 0.128. The van der Waals surface area contributed by atoms with E-state index in [-0.39, 0.29) is 5.91 Å². The van der Waals surface area contributed by atoms with E-state index in [0.29, 0.717) is 5.56 Å². The summed E-state index contributed by atoms with van der Waals surface area (Å²) in [5.74, 6) is -0.128.